The summed E-state index contributed by atoms with van der Waals surface area (Å²) in [7, 11) is 0. The number of nitrogens with one attached hydrogen (secondary N) is 1. The molecule has 1 N–H and O–H groups in total. The fraction of sp³-hybridized carbons (Fsp3) is 0.375. The predicted molar refractivity (Wildman–Crippen MR) is 92.5 cm³/mol. The lowest BCUT2D eigenvalue weighted by Gasteiger charge is -2.32. The molecule has 0 radical (unpaired) electrons. The normalized spacial score (nSPS) is 13.4. The quantitative estimate of drug-likeness (QED) is 0.689. The number of halogens is 2. The Morgan fingerprint density at radius 2 is 1.90 bits per heavy atom. The molecule has 0 saturated heterocycles. The van der Waals surface area contributed by atoms with Crippen LogP contribution in [-0.2, 0) is 6.54 Å². The Morgan fingerprint density at radius 3 is 2.40 bits per heavy atom. The fourth-order valence-corrected chi connectivity index (χ4v) is 3.99. The topological polar surface area (TPSA) is 12.0 Å². The smallest absolute Gasteiger partial charge is 0.107 e. The molecule has 1 nitrogen and oxygen atoms in total. The first-order chi connectivity index (χ1) is 9.38. The summed E-state index contributed by atoms with van der Waals surface area (Å²) in [6.07, 6.45) is 0. The average molecular weight is 373 g/mol. The van der Waals surface area contributed by atoms with Crippen LogP contribution in [0.15, 0.2) is 40.9 Å². The maximum atomic E-state index is 6.10. The van der Waals surface area contributed by atoms with Gasteiger partial charge in [0.1, 0.15) is 4.34 Å². The summed E-state index contributed by atoms with van der Waals surface area (Å²) in [4.78, 5) is 1.24. The minimum atomic E-state index is 0.152. The van der Waals surface area contributed by atoms with Crippen molar-refractivity contribution in [1.82, 2.24) is 5.32 Å². The highest BCUT2D eigenvalue weighted by molar-refractivity contribution is 9.10. The maximum absolute atomic E-state index is 6.10. The zero-order valence-corrected chi connectivity index (χ0v) is 15.1. The van der Waals surface area contributed by atoms with Gasteiger partial charge >= 0.3 is 0 Å². The molecule has 2 aromatic rings. The van der Waals surface area contributed by atoms with Gasteiger partial charge in [0.2, 0.25) is 0 Å². The molecule has 0 aliphatic carbocycles. The molecule has 0 aliphatic rings. The van der Waals surface area contributed by atoms with E-state index in [1.807, 2.05) is 0 Å². The third kappa shape index (κ3) is 4.08. The highest BCUT2D eigenvalue weighted by atomic mass is 79.9. The Balaban J connectivity index is 2.13. The van der Waals surface area contributed by atoms with Gasteiger partial charge in [0, 0.05) is 21.9 Å². The minimum Gasteiger partial charge on any atom is -0.305 e. The largest absolute Gasteiger partial charge is 0.305 e. The Labute approximate surface area is 138 Å². The molecule has 0 amide bonds. The molecular formula is C16H19BrClNS. The van der Waals surface area contributed by atoms with Crippen molar-refractivity contribution in [2.45, 2.75) is 33.4 Å². The van der Waals surface area contributed by atoms with E-state index in [1.54, 1.807) is 11.3 Å². The van der Waals surface area contributed by atoms with Crippen molar-refractivity contribution in [1.29, 1.82) is 0 Å². The maximum Gasteiger partial charge on any atom is 0.107 e. The van der Waals surface area contributed by atoms with E-state index in [0.29, 0.717) is 6.04 Å². The van der Waals surface area contributed by atoms with Crippen molar-refractivity contribution < 1.29 is 0 Å². The van der Waals surface area contributed by atoms with E-state index in [-0.39, 0.29) is 5.41 Å². The molecule has 4 heteroatoms. The lowest BCUT2D eigenvalue weighted by atomic mass is 9.82. The molecule has 2 rings (SSSR count). The van der Waals surface area contributed by atoms with Gasteiger partial charge in [0.05, 0.1) is 0 Å². The lowest BCUT2D eigenvalue weighted by molar-refractivity contribution is 0.271. The molecule has 0 aliphatic heterocycles. The van der Waals surface area contributed by atoms with Crippen molar-refractivity contribution in [3.05, 3.63) is 55.6 Å². The molecule has 0 fully saturated rings. The molecule has 1 atom stereocenters. The van der Waals surface area contributed by atoms with Gasteiger partial charge in [-0.25, -0.2) is 0 Å². The van der Waals surface area contributed by atoms with Crippen LogP contribution in [0.5, 0.6) is 0 Å². The SMILES string of the molecule is CC(C)(C)C(NCc1cc(Br)c(Cl)s1)c1ccccc1. The van der Waals surface area contributed by atoms with Gasteiger partial charge in [-0.15, -0.1) is 11.3 Å². The van der Waals surface area contributed by atoms with Gasteiger partial charge in [-0.1, -0.05) is 62.7 Å². The van der Waals surface area contributed by atoms with Crippen LogP contribution in [0.2, 0.25) is 4.34 Å². The van der Waals surface area contributed by atoms with Crippen molar-refractivity contribution in [3.63, 3.8) is 0 Å². The van der Waals surface area contributed by atoms with Gasteiger partial charge in [-0.05, 0) is 33.0 Å². The summed E-state index contributed by atoms with van der Waals surface area (Å²) in [5, 5.41) is 3.66. The number of hydrogen-bond acceptors (Lipinski definition) is 2. The van der Waals surface area contributed by atoms with Crippen LogP contribution in [0, 0.1) is 5.41 Å². The minimum absolute atomic E-state index is 0.152. The van der Waals surface area contributed by atoms with Crippen LogP contribution in [0.4, 0.5) is 0 Å². The number of hydrogen-bond donors (Lipinski definition) is 1. The Bertz CT molecular complexity index is 540. The van der Waals surface area contributed by atoms with Crippen LogP contribution < -0.4 is 5.32 Å². The van der Waals surface area contributed by atoms with Crippen LogP contribution in [0.3, 0.4) is 0 Å². The van der Waals surface area contributed by atoms with E-state index in [4.69, 9.17) is 11.6 Å². The molecule has 0 saturated carbocycles. The number of rotatable bonds is 4. The first-order valence-electron chi connectivity index (χ1n) is 6.60. The lowest BCUT2D eigenvalue weighted by Crippen LogP contribution is -2.31. The van der Waals surface area contributed by atoms with E-state index >= 15 is 0 Å². The van der Waals surface area contributed by atoms with Crippen molar-refractivity contribution >= 4 is 38.9 Å². The monoisotopic (exact) mass is 371 g/mol. The van der Waals surface area contributed by atoms with Crippen molar-refractivity contribution in [3.8, 4) is 0 Å². The van der Waals surface area contributed by atoms with Gasteiger partial charge < -0.3 is 5.32 Å². The molecule has 1 heterocycles. The fourth-order valence-electron chi connectivity index (χ4n) is 2.25. The Morgan fingerprint density at radius 1 is 1.25 bits per heavy atom. The summed E-state index contributed by atoms with van der Waals surface area (Å²) in [6, 6.07) is 13.0. The zero-order chi connectivity index (χ0) is 14.8. The summed E-state index contributed by atoms with van der Waals surface area (Å²) < 4.78 is 1.79. The van der Waals surface area contributed by atoms with Crippen LogP contribution >= 0.6 is 38.9 Å². The summed E-state index contributed by atoms with van der Waals surface area (Å²) in [5.41, 5.74) is 1.47. The van der Waals surface area contributed by atoms with Crippen molar-refractivity contribution in [2.75, 3.05) is 0 Å². The Kier molecular flexibility index (Phi) is 5.30. The van der Waals surface area contributed by atoms with Crippen LogP contribution in [0.25, 0.3) is 0 Å². The van der Waals surface area contributed by atoms with E-state index in [2.05, 4.69) is 78.4 Å². The number of thiophene rings is 1. The second kappa shape index (κ2) is 6.61. The average Bonchev–Trinajstić information content (AvgIpc) is 2.68. The zero-order valence-electron chi connectivity index (χ0n) is 11.9. The molecule has 0 bridgehead atoms. The van der Waals surface area contributed by atoms with E-state index in [0.717, 1.165) is 15.4 Å². The van der Waals surface area contributed by atoms with Crippen LogP contribution in [-0.4, -0.2) is 0 Å². The molecule has 1 aromatic carbocycles. The first kappa shape index (κ1) is 16.0. The van der Waals surface area contributed by atoms with Crippen molar-refractivity contribution in [2.24, 2.45) is 5.41 Å². The van der Waals surface area contributed by atoms with E-state index in [1.165, 1.54) is 10.4 Å². The van der Waals surface area contributed by atoms with E-state index in [9.17, 15) is 0 Å². The van der Waals surface area contributed by atoms with Gasteiger partial charge in [0.25, 0.3) is 0 Å². The molecule has 1 unspecified atom stereocenters. The molecule has 0 spiro atoms. The molecule has 108 valence electrons. The standard InChI is InChI=1S/C16H19BrClNS/c1-16(2,3)14(11-7-5-4-6-8-11)19-10-12-9-13(17)15(18)20-12/h4-9,14,19H,10H2,1-3H3. The third-order valence-electron chi connectivity index (χ3n) is 3.18. The van der Waals surface area contributed by atoms with Gasteiger partial charge in [-0.2, -0.15) is 0 Å². The van der Waals surface area contributed by atoms with Crippen LogP contribution in [0.1, 0.15) is 37.3 Å². The Hall–Kier alpha value is -0.350. The van der Waals surface area contributed by atoms with E-state index < -0.39 is 0 Å². The van der Waals surface area contributed by atoms with Gasteiger partial charge in [0.15, 0.2) is 0 Å². The molecular weight excluding hydrogens is 354 g/mol. The second-order valence-corrected chi connectivity index (χ2v) is 8.52. The second-order valence-electron chi connectivity index (χ2n) is 5.92. The third-order valence-corrected chi connectivity index (χ3v) is 5.65. The summed E-state index contributed by atoms with van der Waals surface area (Å²) >= 11 is 11.2. The highest BCUT2D eigenvalue weighted by Gasteiger charge is 2.25. The predicted octanol–water partition coefficient (Wildman–Crippen LogP) is 6.04. The number of benzene rings is 1. The first-order valence-corrected chi connectivity index (χ1v) is 8.58. The summed E-state index contributed by atoms with van der Waals surface area (Å²) in [5.74, 6) is 0. The summed E-state index contributed by atoms with van der Waals surface area (Å²) in [6.45, 7) is 7.60. The highest BCUT2D eigenvalue weighted by Crippen LogP contribution is 2.35. The molecule has 1 aromatic heterocycles. The van der Waals surface area contributed by atoms with Gasteiger partial charge in [-0.3, -0.25) is 0 Å². The molecule has 20 heavy (non-hydrogen) atoms.